The van der Waals surface area contributed by atoms with E-state index in [9.17, 15) is 4.79 Å². The zero-order chi connectivity index (χ0) is 22.9. The van der Waals surface area contributed by atoms with Gasteiger partial charge in [0.1, 0.15) is 17.0 Å². The molecule has 3 aromatic rings. The Labute approximate surface area is 198 Å². The average Bonchev–Trinajstić information content (AvgIpc) is 3.28. The molecule has 33 heavy (non-hydrogen) atoms. The molecule has 2 heterocycles. The predicted molar refractivity (Wildman–Crippen MR) is 132 cm³/mol. The summed E-state index contributed by atoms with van der Waals surface area (Å²) in [7, 11) is 0. The first-order valence-electron chi connectivity index (χ1n) is 11.6. The number of carbonyl (C=O) groups is 1. The summed E-state index contributed by atoms with van der Waals surface area (Å²) in [6.07, 6.45) is 1.17. The number of fused-ring (bicyclic) bond motifs is 1. The molecule has 4 rings (SSSR count). The lowest BCUT2D eigenvalue weighted by Gasteiger charge is -2.27. The maximum atomic E-state index is 13.3. The van der Waals surface area contributed by atoms with Gasteiger partial charge < -0.3 is 14.2 Å². The van der Waals surface area contributed by atoms with Crippen LogP contribution in [0.25, 0.3) is 10.2 Å². The summed E-state index contributed by atoms with van der Waals surface area (Å²) >= 11 is 1.53. The maximum Gasteiger partial charge on any atom is 0.232 e. The van der Waals surface area contributed by atoms with Crippen molar-refractivity contribution in [3.05, 3.63) is 48.5 Å². The molecule has 1 aromatic heterocycles. The minimum absolute atomic E-state index is 0.0184. The van der Waals surface area contributed by atoms with E-state index in [0.717, 1.165) is 61.0 Å². The Balaban J connectivity index is 1.45. The minimum atomic E-state index is 0.0184. The summed E-state index contributed by atoms with van der Waals surface area (Å²) in [6, 6.07) is 15.5. The Morgan fingerprint density at radius 3 is 2.73 bits per heavy atom. The van der Waals surface area contributed by atoms with Crippen LogP contribution in [0.1, 0.15) is 19.8 Å². The normalized spacial score (nSPS) is 14.3. The quantitative estimate of drug-likeness (QED) is 0.419. The van der Waals surface area contributed by atoms with Gasteiger partial charge >= 0.3 is 0 Å². The highest BCUT2D eigenvalue weighted by molar-refractivity contribution is 7.22. The summed E-state index contributed by atoms with van der Waals surface area (Å²) in [4.78, 5) is 22.3. The van der Waals surface area contributed by atoms with Crippen LogP contribution < -0.4 is 14.4 Å². The van der Waals surface area contributed by atoms with Crippen molar-refractivity contribution < 1.29 is 19.0 Å². The Morgan fingerprint density at radius 1 is 1.12 bits per heavy atom. The van der Waals surface area contributed by atoms with Crippen LogP contribution in [0.2, 0.25) is 0 Å². The lowest BCUT2D eigenvalue weighted by molar-refractivity contribution is -0.119. The van der Waals surface area contributed by atoms with Gasteiger partial charge in [-0.3, -0.25) is 14.6 Å². The summed E-state index contributed by atoms with van der Waals surface area (Å²) in [5.74, 6) is 1.54. The number of amides is 1. The first kappa shape index (κ1) is 23.5. The lowest BCUT2D eigenvalue weighted by atomic mass is 10.3. The third kappa shape index (κ3) is 6.43. The zero-order valence-corrected chi connectivity index (χ0v) is 19.9. The monoisotopic (exact) mass is 469 g/mol. The van der Waals surface area contributed by atoms with Crippen molar-refractivity contribution >= 4 is 32.6 Å². The van der Waals surface area contributed by atoms with Gasteiger partial charge in [-0.15, -0.1) is 0 Å². The van der Waals surface area contributed by atoms with E-state index in [-0.39, 0.29) is 5.91 Å². The van der Waals surface area contributed by atoms with Crippen LogP contribution in [0.4, 0.5) is 5.13 Å². The van der Waals surface area contributed by atoms with E-state index in [1.54, 1.807) is 0 Å². The van der Waals surface area contributed by atoms with Crippen molar-refractivity contribution in [2.24, 2.45) is 0 Å². The molecular formula is C25H31N3O4S. The highest BCUT2D eigenvalue weighted by Crippen LogP contribution is 2.34. The Morgan fingerprint density at radius 2 is 1.94 bits per heavy atom. The molecule has 7 nitrogen and oxygen atoms in total. The van der Waals surface area contributed by atoms with Crippen LogP contribution in [0, 0.1) is 0 Å². The van der Waals surface area contributed by atoms with Gasteiger partial charge in [0.25, 0.3) is 0 Å². The molecule has 1 amide bonds. The minimum Gasteiger partial charge on any atom is -0.493 e. The standard InChI is InChI=1S/C25H31N3O4S/c1-2-31-21-10-6-11-22-24(21)26-25(33-22)28(14-7-13-27-15-18-30-19-16-27)23(29)12-17-32-20-8-4-3-5-9-20/h3-6,8-11H,2,7,12-19H2,1H3. The number of morpholine rings is 1. The summed E-state index contributed by atoms with van der Waals surface area (Å²) in [5.41, 5.74) is 0.811. The molecule has 1 aliphatic heterocycles. The van der Waals surface area contributed by atoms with E-state index in [1.807, 2.05) is 60.4 Å². The third-order valence-electron chi connectivity index (χ3n) is 5.49. The molecule has 1 fully saturated rings. The van der Waals surface area contributed by atoms with Crippen molar-refractivity contribution in [2.45, 2.75) is 19.8 Å². The molecule has 2 aromatic carbocycles. The van der Waals surface area contributed by atoms with E-state index in [1.165, 1.54) is 11.3 Å². The maximum absolute atomic E-state index is 13.3. The molecule has 0 aliphatic carbocycles. The topological polar surface area (TPSA) is 64.1 Å². The highest BCUT2D eigenvalue weighted by Gasteiger charge is 2.21. The van der Waals surface area contributed by atoms with E-state index in [0.29, 0.717) is 31.3 Å². The number of ether oxygens (including phenoxy) is 3. The molecular weight excluding hydrogens is 438 g/mol. The van der Waals surface area contributed by atoms with Gasteiger partial charge in [0.05, 0.1) is 37.5 Å². The van der Waals surface area contributed by atoms with Crippen molar-refractivity contribution in [3.8, 4) is 11.5 Å². The molecule has 176 valence electrons. The van der Waals surface area contributed by atoms with Crippen molar-refractivity contribution in [1.29, 1.82) is 0 Å². The van der Waals surface area contributed by atoms with Gasteiger partial charge in [0, 0.05) is 26.2 Å². The number of carbonyl (C=O) groups excluding carboxylic acids is 1. The second-order valence-electron chi connectivity index (χ2n) is 7.80. The first-order valence-corrected chi connectivity index (χ1v) is 12.4. The average molecular weight is 470 g/mol. The summed E-state index contributed by atoms with van der Waals surface area (Å²) < 4.78 is 18.0. The van der Waals surface area contributed by atoms with Crippen LogP contribution in [0.5, 0.6) is 11.5 Å². The van der Waals surface area contributed by atoms with Crippen molar-refractivity contribution in [1.82, 2.24) is 9.88 Å². The fourth-order valence-corrected chi connectivity index (χ4v) is 4.84. The number of thiazole rings is 1. The van der Waals surface area contributed by atoms with Crippen LogP contribution in [0.15, 0.2) is 48.5 Å². The molecule has 1 aliphatic rings. The molecule has 0 unspecified atom stereocenters. The van der Waals surface area contributed by atoms with E-state index in [4.69, 9.17) is 19.2 Å². The van der Waals surface area contributed by atoms with Crippen LogP contribution in [-0.2, 0) is 9.53 Å². The van der Waals surface area contributed by atoms with Gasteiger partial charge in [-0.05, 0) is 37.6 Å². The van der Waals surface area contributed by atoms with Crippen LogP contribution in [-0.4, -0.2) is 68.4 Å². The summed E-state index contributed by atoms with van der Waals surface area (Å²) in [6.45, 7) is 7.85. The SMILES string of the molecule is CCOc1cccc2sc(N(CCCN3CCOCC3)C(=O)CCOc3ccccc3)nc12. The van der Waals surface area contributed by atoms with Crippen LogP contribution >= 0.6 is 11.3 Å². The zero-order valence-electron chi connectivity index (χ0n) is 19.1. The fraction of sp³-hybridized carbons (Fsp3) is 0.440. The van der Waals surface area contributed by atoms with Gasteiger partial charge in [-0.2, -0.15) is 0 Å². The first-order chi connectivity index (χ1) is 16.2. The number of aromatic nitrogens is 1. The number of nitrogens with zero attached hydrogens (tertiary/aromatic N) is 3. The highest BCUT2D eigenvalue weighted by atomic mass is 32.1. The largest absolute Gasteiger partial charge is 0.493 e. The predicted octanol–water partition coefficient (Wildman–Crippen LogP) is 4.22. The van der Waals surface area contributed by atoms with Crippen molar-refractivity contribution in [2.75, 3.05) is 57.5 Å². The van der Waals surface area contributed by atoms with Gasteiger partial charge in [0.15, 0.2) is 5.13 Å². The van der Waals surface area contributed by atoms with E-state index in [2.05, 4.69) is 4.90 Å². The second-order valence-corrected chi connectivity index (χ2v) is 8.81. The molecule has 0 radical (unpaired) electrons. The molecule has 0 spiro atoms. The van der Waals surface area contributed by atoms with Crippen molar-refractivity contribution in [3.63, 3.8) is 0 Å². The fourth-order valence-electron chi connectivity index (χ4n) is 3.81. The lowest BCUT2D eigenvalue weighted by Crippen LogP contribution is -2.39. The number of hydrogen-bond acceptors (Lipinski definition) is 7. The van der Waals surface area contributed by atoms with E-state index < -0.39 is 0 Å². The number of anilines is 1. The number of hydrogen-bond donors (Lipinski definition) is 0. The number of rotatable bonds is 11. The molecule has 0 saturated carbocycles. The van der Waals surface area contributed by atoms with Crippen LogP contribution in [0.3, 0.4) is 0 Å². The smallest absolute Gasteiger partial charge is 0.232 e. The number of benzene rings is 2. The summed E-state index contributed by atoms with van der Waals surface area (Å²) in [5, 5.41) is 0.712. The Kier molecular flexibility index (Phi) is 8.52. The third-order valence-corrected chi connectivity index (χ3v) is 6.53. The Bertz CT molecular complexity index is 1020. The molecule has 8 heteroatoms. The molecule has 0 N–H and O–H groups in total. The molecule has 0 atom stereocenters. The van der Waals surface area contributed by atoms with Gasteiger partial charge in [-0.25, -0.2) is 4.98 Å². The number of para-hydroxylation sites is 2. The molecule has 1 saturated heterocycles. The van der Waals surface area contributed by atoms with Gasteiger partial charge in [0.2, 0.25) is 5.91 Å². The molecule has 0 bridgehead atoms. The van der Waals surface area contributed by atoms with Gasteiger partial charge in [-0.1, -0.05) is 35.6 Å². The Hall–Kier alpha value is -2.68. The van der Waals surface area contributed by atoms with E-state index >= 15 is 0 Å². The second kappa shape index (κ2) is 12.0.